The predicted octanol–water partition coefficient (Wildman–Crippen LogP) is 3.67. The van der Waals surface area contributed by atoms with Gasteiger partial charge in [0.1, 0.15) is 0 Å². The normalized spacial score (nSPS) is 19.2. The van der Waals surface area contributed by atoms with Gasteiger partial charge in [-0.15, -0.1) is 0 Å². The van der Waals surface area contributed by atoms with Crippen LogP contribution in [0, 0.1) is 5.41 Å². The van der Waals surface area contributed by atoms with E-state index in [-0.39, 0.29) is 11.8 Å². The molecule has 1 aromatic rings. The van der Waals surface area contributed by atoms with Crippen molar-refractivity contribution in [3.05, 3.63) is 35.9 Å². The molecule has 0 unspecified atom stereocenters. The van der Waals surface area contributed by atoms with Crippen LogP contribution in [-0.4, -0.2) is 0 Å². The Morgan fingerprint density at radius 2 is 1.75 bits per heavy atom. The summed E-state index contributed by atoms with van der Waals surface area (Å²) in [5, 5.41) is 0. The van der Waals surface area contributed by atoms with Gasteiger partial charge in [-0.25, -0.2) is 0 Å². The van der Waals surface area contributed by atoms with E-state index in [0.29, 0.717) is 0 Å². The Kier molecular flexibility index (Phi) is 2.10. The molecule has 12 heavy (non-hydrogen) atoms. The number of aryl methyl sites for hydroxylation is 1. The van der Waals surface area contributed by atoms with E-state index in [0.717, 1.165) is 5.56 Å². The molecule has 0 amide bonds. The molecule has 0 fully saturated rings. The van der Waals surface area contributed by atoms with Crippen molar-refractivity contribution in [2.45, 2.75) is 33.6 Å². The zero-order chi connectivity index (χ0) is 10.8. The average molecular weight is 164 g/mol. The fraction of sp³-hybridized carbons (Fsp3) is 0.500. The van der Waals surface area contributed by atoms with Gasteiger partial charge >= 0.3 is 0 Å². The van der Waals surface area contributed by atoms with E-state index in [2.05, 4.69) is 0 Å². The summed E-state index contributed by atoms with van der Waals surface area (Å²) in [6, 6.07) is 9.63. The van der Waals surface area contributed by atoms with Crippen LogP contribution in [0.25, 0.3) is 0 Å². The minimum Gasteiger partial charge on any atom is -0.0622 e. The van der Waals surface area contributed by atoms with Crippen LogP contribution < -0.4 is 0 Å². The molecule has 0 radical (unpaired) electrons. The molecule has 0 bridgehead atoms. The van der Waals surface area contributed by atoms with Crippen LogP contribution in [0.5, 0.6) is 0 Å². The van der Waals surface area contributed by atoms with Crippen molar-refractivity contribution in [3.8, 4) is 0 Å². The lowest BCUT2D eigenvalue weighted by molar-refractivity contribution is 0.378. The molecule has 0 N–H and O–H groups in total. The Labute approximate surface area is 78.4 Å². The van der Waals surface area contributed by atoms with Gasteiger partial charge in [-0.1, -0.05) is 51.1 Å². The first-order valence-electron chi connectivity index (χ1n) is 5.48. The lowest BCUT2D eigenvalue weighted by Crippen LogP contribution is -2.06. The highest BCUT2D eigenvalue weighted by atomic mass is 14.1. The van der Waals surface area contributed by atoms with Crippen molar-refractivity contribution in [2.24, 2.45) is 5.41 Å². The van der Waals surface area contributed by atoms with Crippen molar-refractivity contribution in [1.82, 2.24) is 0 Å². The van der Waals surface area contributed by atoms with Crippen molar-refractivity contribution in [3.63, 3.8) is 0 Å². The van der Waals surface area contributed by atoms with Crippen LogP contribution in [0.4, 0.5) is 0 Å². The molecule has 66 valence electrons. The second kappa shape index (κ2) is 3.75. The topological polar surface area (TPSA) is 0 Å². The van der Waals surface area contributed by atoms with Crippen molar-refractivity contribution < 1.29 is 2.74 Å². The molecular weight excluding hydrogens is 144 g/mol. The highest BCUT2D eigenvalue weighted by Crippen LogP contribution is 2.20. The van der Waals surface area contributed by atoms with E-state index in [1.54, 1.807) is 0 Å². The fourth-order valence-corrected chi connectivity index (χ4v) is 0.910. The van der Waals surface area contributed by atoms with Gasteiger partial charge in [-0.3, -0.25) is 0 Å². The maximum Gasteiger partial charge on any atom is 0.0316 e. The largest absolute Gasteiger partial charge is 0.0622 e. The SMILES string of the molecule is [2H][C@H]([C@@H]([2H])c1ccccc1)C(C)(C)C. The van der Waals surface area contributed by atoms with Crippen molar-refractivity contribution in [2.75, 3.05) is 0 Å². The summed E-state index contributed by atoms with van der Waals surface area (Å²) >= 11 is 0. The molecule has 0 nitrogen and oxygen atoms in total. The van der Waals surface area contributed by atoms with Crippen LogP contribution in [0.3, 0.4) is 0 Å². The number of rotatable bonds is 2. The molecule has 0 aliphatic rings. The molecule has 0 saturated heterocycles. The Morgan fingerprint density at radius 1 is 1.17 bits per heavy atom. The third-order valence-electron chi connectivity index (χ3n) is 1.58. The van der Waals surface area contributed by atoms with Crippen LogP contribution in [0.2, 0.25) is 0 Å². The molecule has 0 aromatic heterocycles. The molecule has 1 aromatic carbocycles. The maximum atomic E-state index is 7.99. The van der Waals surface area contributed by atoms with Gasteiger partial charge in [-0.2, -0.15) is 0 Å². The third kappa shape index (κ3) is 3.56. The molecule has 0 spiro atoms. The van der Waals surface area contributed by atoms with Gasteiger partial charge in [0.2, 0.25) is 0 Å². The minimum absolute atomic E-state index is 0.137. The summed E-state index contributed by atoms with van der Waals surface area (Å²) in [6.45, 7) is 6.03. The van der Waals surface area contributed by atoms with Gasteiger partial charge in [0.05, 0.1) is 0 Å². The smallest absolute Gasteiger partial charge is 0.0316 e. The molecule has 0 saturated carbocycles. The van der Waals surface area contributed by atoms with E-state index < -0.39 is 6.40 Å². The van der Waals surface area contributed by atoms with E-state index in [1.165, 1.54) is 0 Å². The Hall–Kier alpha value is -0.780. The van der Waals surface area contributed by atoms with Gasteiger partial charge in [-0.05, 0) is 23.8 Å². The Balaban J connectivity index is 2.81. The van der Waals surface area contributed by atoms with E-state index in [1.807, 2.05) is 51.1 Å². The number of benzene rings is 1. The number of hydrogen-bond donors (Lipinski definition) is 0. The Bertz CT molecular complexity index is 274. The number of hydrogen-bond acceptors (Lipinski definition) is 0. The van der Waals surface area contributed by atoms with Crippen LogP contribution in [-0.2, 0) is 6.40 Å². The lowest BCUT2D eigenvalue weighted by Gasteiger charge is -2.17. The van der Waals surface area contributed by atoms with Crippen molar-refractivity contribution in [1.29, 1.82) is 0 Å². The first-order valence-corrected chi connectivity index (χ1v) is 4.32. The zero-order valence-electron chi connectivity index (χ0n) is 10.0. The quantitative estimate of drug-likeness (QED) is 0.625. The van der Waals surface area contributed by atoms with Gasteiger partial charge in [0.25, 0.3) is 0 Å². The standard InChI is InChI=1S/C12H18/c1-12(2,3)10-9-11-7-5-4-6-8-11/h4-8H,9-10H2,1-3H3/i9D,10D/t9-,10-/m1/s1. The summed E-state index contributed by atoms with van der Waals surface area (Å²) in [5.74, 6) is 0. The predicted molar refractivity (Wildman–Crippen MR) is 54.2 cm³/mol. The van der Waals surface area contributed by atoms with E-state index in [9.17, 15) is 0 Å². The van der Waals surface area contributed by atoms with Gasteiger partial charge in [0.15, 0.2) is 0 Å². The molecule has 0 heteroatoms. The molecule has 0 heterocycles. The summed E-state index contributed by atoms with van der Waals surface area (Å²) in [7, 11) is 0. The summed E-state index contributed by atoms with van der Waals surface area (Å²) in [5.41, 5.74) is 0.796. The van der Waals surface area contributed by atoms with Crippen molar-refractivity contribution >= 4 is 0 Å². The molecular formula is C12H18. The lowest BCUT2D eigenvalue weighted by atomic mass is 9.89. The molecule has 2 atom stereocenters. The van der Waals surface area contributed by atoms with Crippen LogP contribution >= 0.6 is 0 Å². The highest BCUT2D eigenvalue weighted by molar-refractivity contribution is 5.14. The van der Waals surface area contributed by atoms with Crippen LogP contribution in [0.1, 0.15) is 35.5 Å². The Morgan fingerprint density at radius 3 is 2.25 bits per heavy atom. The monoisotopic (exact) mass is 164 g/mol. The highest BCUT2D eigenvalue weighted by Gasteiger charge is 2.09. The second-order valence-electron chi connectivity index (χ2n) is 4.11. The average Bonchev–Trinajstić information content (AvgIpc) is 2.15. The molecule has 0 aliphatic carbocycles. The third-order valence-corrected chi connectivity index (χ3v) is 1.58. The molecule has 1 rings (SSSR count). The fourth-order valence-electron chi connectivity index (χ4n) is 0.910. The summed E-state index contributed by atoms with van der Waals surface area (Å²) in [4.78, 5) is 0. The summed E-state index contributed by atoms with van der Waals surface area (Å²) < 4.78 is 16.0. The zero-order valence-corrected chi connectivity index (χ0v) is 8.04. The maximum absolute atomic E-state index is 7.99. The van der Waals surface area contributed by atoms with Gasteiger partial charge in [0, 0.05) is 2.74 Å². The van der Waals surface area contributed by atoms with E-state index in [4.69, 9.17) is 2.74 Å². The minimum atomic E-state index is -0.448. The first-order chi connectivity index (χ1) is 6.43. The van der Waals surface area contributed by atoms with Crippen LogP contribution in [0.15, 0.2) is 30.3 Å². The first kappa shape index (κ1) is 6.71. The molecule has 0 aliphatic heterocycles. The van der Waals surface area contributed by atoms with E-state index >= 15 is 0 Å². The summed E-state index contributed by atoms with van der Waals surface area (Å²) in [6.07, 6.45) is -0.832. The van der Waals surface area contributed by atoms with Gasteiger partial charge < -0.3 is 0 Å². The second-order valence-corrected chi connectivity index (χ2v) is 4.11.